The third kappa shape index (κ3) is 2.24. The van der Waals surface area contributed by atoms with E-state index in [1.807, 2.05) is 24.4 Å². The van der Waals surface area contributed by atoms with Crippen molar-refractivity contribution in [3.63, 3.8) is 0 Å². The number of aromatic nitrogens is 2. The lowest BCUT2D eigenvalue weighted by atomic mass is 10.1. The Hall–Kier alpha value is -2.50. The summed E-state index contributed by atoms with van der Waals surface area (Å²) < 4.78 is 12.2. The van der Waals surface area contributed by atoms with E-state index in [9.17, 15) is 4.79 Å². The molecule has 2 heterocycles. The molecule has 6 heteroatoms. The van der Waals surface area contributed by atoms with Gasteiger partial charge in [-0.05, 0) is 17.7 Å². The lowest BCUT2D eigenvalue weighted by molar-refractivity contribution is -0.121. The van der Waals surface area contributed by atoms with Crippen LogP contribution in [0.15, 0.2) is 30.6 Å². The van der Waals surface area contributed by atoms with E-state index >= 15 is 0 Å². The van der Waals surface area contributed by atoms with Crippen molar-refractivity contribution in [1.82, 2.24) is 15.1 Å². The van der Waals surface area contributed by atoms with Gasteiger partial charge in [0.25, 0.3) is 0 Å². The highest BCUT2D eigenvalue weighted by molar-refractivity contribution is 5.75. The maximum absolute atomic E-state index is 11.3. The van der Waals surface area contributed by atoms with Gasteiger partial charge < -0.3 is 14.8 Å². The molecule has 1 aromatic carbocycles. The Morgan fingerprint density at radius 2 is 2.21 bits per heavy atom. The number of hydrogen-bond acceptors (Lipinski definition) is 4. The summed E-state index contributed by atoms with van der Waals surface area (Å²) in [6, 6.07) is 5.71. The van der Waals surface area contributed by atoms with E-state index < -0.39 is 0 Å². The second-order valence-corrected chi connectivity index (χ2v) is 4.17. The van der Waals surface area contributed by atoms with Crippen LogP contribution in [-0.2, 0) is 11.3 Å². The average molecular weight is 259 g/mol. The minimum Gasteiger partial charge on any atom is -0.454 e. The number of likely N-dealkylation sites (N-methyl/N-ethyl adjacent to an activating group) is 1. The molecule has 0 bridgehead atoms. The van der Waals surface area contributed by atoms with E-state index in [-0.39, 0.29) is 19.2 Å². The Kier molecular flexibility index (Phi) is 2.83. The summed E-state index contributed by atoms with van der Waals surface area (Å²) in [6.45, 7) is 0.468. The molecule has 19 heavy (non-hydrogen) atoms. The summed E-state index contributed by atoms with van der Waals surface area (Å²) in [5, 5.41) is 6.72. The Morgan fingerprint density at radius 1 is 1.37 bits per heavy atom. The number of nitrogens with zero attached hydrogens (tertiary/aromatic N) is 2. The van der Waals surface area contributed by atoms with Crippen molar-refractivity contribution in [2.24, 2.45) is 0 Å². The maximum Gasteiger partial charge on any atom is 0.241 e. The summed E-state index contributed by atoms with van der Waals surface area (Å²) >= 11 is 0. The molecule has 3 rings (SSSR count). The number of nitrogens with one attached hydrogen (secondary N) is 1. The predicted octanol–water partition coefficient (Wildman–Crippen LogP) is 1.02. The Morgan fingerprint density at radius 3 is 3.05 bits per heavy atom. The van der Waals surface area contributed by atoms with Crippen LogP contribution in [0.3, 0.4) is 0 Å². The number of rotatable bonds is 3. The van der Waals surface area contributed by atoms with Gasteiger partial charge in [-0.25, -0.2) is 0 Å². The smallest absolute Gasteiger partial charge is 0.241 e. The van der Waals surface area contributed by atoms with Crippen LogP contribution in [-0.4, -0.2) is 29.5 Å². The Balaban J connectivity index is 1.84. The lowest BCUT2D eigenvalue weighted by Gasteiger charge is -2.00. The maximum atomic E-state index is 11.3. The van der Waals surface area contributed by atoms with Crippen LogP contribution in [0.1, 0.15) is 0 Å². The van der Waals surface area contributed by atoms with E-state index in [4.69, 9.17) is 9.47 Å². The van der Waals surface area contributed by atoms with E-state index in [0.29, 0.717) is 0 Å². The van der Waals surface area contributed by atoms with Crippen LogP contribution < -0.4 is 14.8 Å². The summed E-state index contributed by atoms with van der Waals surface area (Å²) in [5.74, 6) is 1.40. The standard InChI is InChI=1S/C13H13N3O3/c1-14-13(17)7-16-6-10(5-15-16)9-2-3-11-12(4-9)19-8-18-11/h2-6H,7-8H2,1H3,(H,14,17). The van der Waals surface area contributed by atoms with E-state index in [2.05, 4.69) is 10.4 Å². The molecule has 1 aliphatic heterocycles. The molecule has 1 amide bonds. The van der Waals surface area contributed by atoms with Gasteiger partial charge in [0.05, 0.1) is 6.20 Å². The molecule has 0 spiro atoms. The first-order chi connectivity index (χ1) is 9.26. The van der Waals surface area contributed by atoms with Crippen molar-refractivity contribution in [2.75, 3.05) is 13.8 Å². The van der Waals surface area contributed by atoms with Crippen LogP contribution in [0.4, 0.5) is 0 Å². The second kappa shape index (κ2) is 4.64. The molecule has 0 saturated carbocycles. The van der Waals surface area contributed by atoms with Crippen LogP contribution in [0.2, 0.25) is 0 Å². The van der Waals surface area contributed by atoms with Gasteiger partial charge in [-0.15, -0.1) is 0 Å². The second-order valence-electron chi connectivity index (χ2n) is 4.17. The highest BCUT2D eigenvalue weighted by Crippen LogP contribution is 2.35. The number of benzene rings is 1. The number of fused-ring (bicyclic) bond motifs is 1. The first-order valence-electron chi connectivity index (χ1n) is 5.89. The van der Waals surface area contributed by atoms with Gasteiger partial charge in [0.1, 0.15) is 6.54 Å². The SMILES string of the molecule is CNC(=O)Cn1cc(-c2ccc3c(c2)OCO3)cn1. The summed E-state index contributed by atoms with van der Waals surface area (Å²) in [6.07, 6.45) is 3.55. The molecule has 1 N–H and O–H groups in total. The fourth-order valence-corrected chi connectivity index (χ4v) is 1.90. The molecule has 0 saturated heterocycles. The highest BCUT2D eigenvalue weighted by atomic mass is 16.7. The summed E-state index contributed by atoms with van der Waals surface area (Å²) in [7, 11) is 1.60. The molecule has 0 radical (unpaired) electrons. The van der Waals surface area contributed by atoms with Crippen LogP contribution in [0.25, 0.3) is 11.1 Å². The normalized spacial score (nSPS) is 12.5. The van der Waals surface area contributed by atoms with Gasteiger partial charge in [-0.1, -0.05) is 6.07 Å². The fraction of sp³-hybridized carbons (Fsp3) is 0.231. The molecule has 98 valence electrons. The quantitative estimate of drug-likeness (QED) is 0.894. The van der Waals surface area contributed by atoms with Crippen molar-refractivity contribution in [1.29, 1.82) is 0 Å². The number of ether oxygens (including phenoxy) is 2. The van der Waals surface area contributed by atoms with Gasteiger partial charge in [-0.2, -0.15) is 5.10 Å². The van der Waals surface area contributed by atoms with Gasteiger partial charge in [0.2, 0.25) is 12.7 Å². The molecule has 1 aromatic heterocycles. The first-order valence-corrected chi connectivity index (χ1v) is 5.89. The predicted molar refractivity (Wildman–Crippen MR) is 67.9 cm³/mol. The van der Waals surface area contributed by atoms with Crippen molar-refractivity contribution in [3.8, 4) is 22.6 Å². The molecule has 1 aliphatic rings. The number of amides is 1. The van der Waals surface area contributed by atoms with Gasteiger partial charge in [0.15, 0.2) is 11.5 Å². The van der Waals surface area contributed by atoms with Crippen molar-refractivity contribution in [3.05, 3.63) is 30.6 Å². The molecule has 2 aromatic rings. The van der Waals surface area contributed by atoms with E-state index in [1.165, 1.54) is 0 Å². The zero-order valence-corrected chi connectivity index (χ0v) is 10.4. The van der Waals surface area contributed by atoms with Crippen LogP contribution in [0, 0.1) is 0 Å². The fourth-order valence-electron chi connectivity index (χ4n) is 1.90. The molecular formula is C13H13N3O3. The zero-order valence-electron chi connectivity index (χ0n) is 10.4. The minimum atomic E-state index is -0.0830. The van der Waals surface area contributed by atoms with Crippen molar-refractivity contribution in [2.45, 2.75) is 6.54 Å². The van der Waals surface area contributed by atoms with Gasteiger partial charge >= 0.3 is 0 Å². The third-order valence-corrected chi connectivity index (χ3v) is 2.92. The van der Waals surface area contributed by atoms with Crippen LogP contribution in [0.5, 0.6) is 11.5 Å². The number of hydrogen-bond donors (Lipinski definition) is 1. The number of carbonyl (C=O) groups is 1. The van der Waals surface area contributed by atoms with Crippen LogP contribution >= 0.6 is 0 Å². The molecular weight excluding hydrogens is 246 g/mol. The summed E-state index contributed by atoms with van der Waals surface area (Å²) in [4.78, 5) is 11.3. The Labute approximate surface area is 109 Å². The topological polar surface area (TPSA) is 65.4 Å². The highest BCUT2D eigenvalue weighted by Gasteiger charge is 2.14. The summed E-state index contributed by atoms with van der Waals surface area (Å²) in [5.41, 5.74) is 1.91. The monoisotopic (exact) mass is 259 g/mol. The molecule has 0 unspecified atom stereocenters. The Bertz CT molecular complexity index is 621. The van der Waals surface area contributed by atoms with E-state index in [1.54, 1.807) is 17.9 Å². The third-order valence-electron chi connectivity index (χ3n) is 2.92. The molecule has 0 atom stereocenters. The minimum absolute atomic E-state index is 0.0830. The van der Waals surface area contributed by atoms with Gasteiger partial charge in [-0.3, -0.25) is 9.48 Å². The average Bonchev–Trinajstić information content (AvgIpc) is 3.05. The van der Waals surface area contributed by atoms with Crippen molar-refractivity contribution >= 4 is 5.91 Å². The molecule has 0 aliphatic carbocycles. The van der Waals surface area contributed by atoms with E-state index in [0.717, 1.165) is 22.6 Å². The van der Waals surface area contributed by atoms with Crippen molar-refractivity contribution < 1.29 is 14.3 Å². The van der Waals surface area contributed by atoms with Gasteiger partial charge in [0, 0.05) is 18.8 Å². The lowest BCUT2D eigenvalue weighted by Crippen LogP contribution is -2.23. The molecule has 0 fully saturated rings. The first kappa shape index (κ1) is 11.6. The number of carbonyl (C=O) groups excluding carboxylic acids is 1. The largest absolute Gasteiger partial charge is 0.454 e. The zero-order chi connectivity index (χ0) is 13.2. The molecule has 6 nitrogen and oxygen atoms in total.